The Bertz CT molecular complexity index is 342. The Hall–Kier alpha value is -1.06. The van der Waals surface area contributed by atoms with Gasteiger partial charge in [-0.3, -0.25) is 4.90 Å². The fourth-order valence-corrected chi connectivity index (χ4v) is 2.57. The summed E-state index contributed by atoms with van der Waals surface area (Å²) in [6.45, 7) is 8.80. The van der Waals surface area contributed by atoms with Crippen LogP contribution in [0.3, 0.4) is 0 Å². The van der Waals surface area contributed by atoms with E-state index in [2.05, 4.69) is 17.1 Å². The van der Waals surface area contributed by atoms with Crippen molar-refractivity contribution >= 4 is 0 Å². The minimum Gasteiger partial charge on any atom is -0.492 e. The third kappa shape index (κ3) is 5.21. The van der Waals surface area contributed by atoms with Crippen LogP contribution in [0, 0.1) is 5.92 Å². The number of benzene rings is 1. The van der Waals surface area contributed by atoms with Gasteiger partial charge in [-0.25, -0.2) is 0 Å². The summed E-state index contributed by atoms with van der Waals surface area (Å²) >= 11 is 0. The zero-order valence-corrected chi connectivity index (χ0v) is 12.0. The molecule has 3 nitrogen and oxygen atoms in total. The third-order valence-electron chi connectivity index (χ3n) is 3.65. The number of rotatable bonds is 8. The van der Waals surface area contributed by atoms with E-state index in [0.717, 1.165) is 31.4 Å². The number of hydrogen-bond donors (Lipinski definition) is 1. The van der Waals surface area contributed by atoms with E-state index >= 15 is 0 Å². The fourth-order valence-electron chi connectivity index (χ4n) is 2.57. The zero-order chi connectivity index (χ0) is 13.3. The molecule has 1 aromatic carbocycles. The number of likely N-dealkylation sites (tertiary alicyclic amines) is 1. The lowest BCUT2D eigenvalue weighted by molar-refractivity contribution is 0.232. The SMILES string of the molecule is CCCNCC1CCN(CCOc2ccccc2)C1. The van der Waals surface area contributed by atoms with Crippen LogP contribution in [0.4, 0.5) is 0 Å². The van der Waals surface area contributed by atoms with E-state index in [9.17, 15) is 0 Å². The second kappa shape index (κ2) is 8.18. The molecule has 1 unspecified atom stereocenters. The van der Waals surface area contributed by atoms with Crippen LogP contribution >= 0.6 is 0 Å². The van der Waals surface area contributed by atoms with Crippen LogP contribution in [0.15, 0.2) is 30.3 Å². The summed E-state index contributed by atoms with van der Waals surface area (Å²) in [6, 6.07) is 10.1. The van der Waals surface area contributed by atoms with Crippen LogP contribution in [-0.4, -0.2) is 44.2 Å². The molecule has 0 aliphatic carbocycles. The van der Waals surface area contributed by atoms with Gasteiger partial charge >= 0.3 is 0 Å². The predicted molar refractivity (Wildman–Crippen MR) is 79.6 cm³/mol. The van der Waals surface area contributed by atoms with Crippen molar-refractivity contribution in [3.05, 3.63) is 30.3 Å². The normalized spacial score (nSPS) is 19.7. The van der Waals surface area contributed by atoms with Crippen molar-refractivity contribution in [1.82, 2.24) is 10.2 Å². The summed E-state index contributed by atoms with van der Waals surface area (Å²) in [5, 5.41) is 3.52. The maximum Gasteiger partial charge on any atom is 0.119 e. The molecule has 0 amide bonds. The second-order valence-corrected chi connectivity index (χ2v) is 5.32. The second-order valence-electron chi connectivity index (χ2n) is 5.32. The van der Waals surface area contributed by atoms with Gasteiger partial charge in [0.1, 0.15) is 12.4 Å². The highest BCUT2D eigenvalue weighted by Gasteiger charge is 2.21. The highest BCUT2D eigenvalue weighted by molar-refractivity contribution is 5.20. The lowest BCUT2D eigenvalue weighted by Crippen LogP contribution is -2.29. The maximum absolute atomic E-state index is 5.74. The van der Waals surface area contributed by atoms with Crippen molar-refractivity contribution in [2.45, 2.75) is 19.8 Å². The molecule has 1 heterocycles. The Labute approximate surface area is 116 Å². The molecule has 1 fully saturated rings. The molecule has 0 aromatic heterocycles. The first kappa shape index (κ1) is 14.4. The summed E-state index contributed by atoms with van der Waals surface area (Å²) in [5.41, 5.74) is 0. The van der Waals surface area contributed by atoms with Gasteiger partial charge in [0.15, 0.2) is 0 Å². The Morgan fingerprint density at radius 3 is 2.95 bits per heavy atom. The molecule has 1 N–H and O–H groups in total. The van der Waals surface area contributed by atoms with Crippen LogP contribution in [0.2, 0.25) is 0 Å². The van der Waals surface area contributed by atoms with Gasteiger partial charge in [0.2, 0.25) is 0 Å². The summed E-state index contributed by atoms with van der Waals surface area (Å²) in [6.07, 6.45) is 2.55. The molecule has 1 saturated heterocycles. The van der Waals surface area contributed by atoms with Gasteiger partial charge in [0.25, 0.3) is 0 Å². The smallest absolute Gasteiger partial charge is 0.119 e. The molecule has 0 saturated carbocycles. The molecule has 19 heavy (non-hydrogen) atoms. The topological polar surface area (TPSA) is 24.5 Å². The number of ether oxygens (including phenoxy) is 1. The molecule has 0 radical (unpaired) electrons. The van der Waals surface area contributed by atoms with Gasteiger partial charge in [-0.2, -0.15) is 0 Å². The van der Waals surface area contributed by atoms with Crippen molar-refractivity contribution < 1.29 is 4.74 Å². The monoisotopic (exact) mass is 262 g/mol. The molecule has 1 aliphatic rings. The standard InChI is InChI=1S/C16H26N2O/c1-2-9-17-13-15-8-10-18(14-15)11-12-19-16-6-4-3-5-7-16/h3-7,15,17H,2,8-14H2,1H3. The average molecular weight is 262 g/mol. The number of nitrogens with one attached hydrogen (secondary N) is 1. The molecule has 1 aromatic rings. The lowest BCUT2D eigenvalue weighted by Gasteiger charge is -2.16. The number of para-hydroxylation sites is 1. The van der Waals surface area contributed by atoms with Crippen molar-refractivity contribution in [2.75, 3.05) is 39.3 Å². The van der Waals surface area contributed by atoms with E-state index in [-0.39, 0.29) is 0 Å². The van der Waals surface area contributed by atoms with Crippen molar-refractivity contribution in [3.8, 4) is 5.75 Å². The maximum atomic E-state index is 5.74. The molecule has 0 spiro atoms. The Morgan fingerprint density at radius 1 is 1.32 bits per heavy atom. The highest BCUT2D eigenvalue weighted by Crippen LogP contribution is 2.15. The first-order chi connectivity index (χ1) is 9.38. The van der Waals surface area contributed by atoms with Crippen LogP contribution in [-0.2, 0) is 0 Å². The van der Waals surface area contributed by atoms with Crippen LogP contribution in [0.1, 0.15) is 19.8 Å². The van der Waals surface area contributed by atoms with E-state index in [1.165, 1.54) is 32.5 Å². The van der Waals surface area contributed by atoms with Gasteiger partial charge in [-0.15, -0.1) is 0 Å². The minimum absolute atomic E-state index is 0.791. The summed E-state index contributed by atoms with van der Waals surface area (Å²) in [4.78, 5) is 2.52. The van der Waals surface area contributed by atoms with E-state index in [1.54, 1.807) is 0 Å². The third-order valence-corrected chi connectivity index (χ3v) is 3.65. The van der Waals surface area contributed by atoms with E-state index < -0.39 is 0 Å². The molecule has 1 atom stereocenters. The zero-order valence-electron chi connectivity index (χ0n) is 12.0. The van der Waals surface area contributed by atoms with Crippen LogP contribution < -0.4 is 10.1 Å². The van der Waals surface area contributed by atoms with Gasteiger partial charge in [-0.1, -0.05) is 25.1 Å². The first-order valence-electron chi connectivity index (χ1n) is 7.49. The van der Waals surface area contributed by atoms with Crippen molar-refractivity contribution in [1.29, 1.82) is 0 Å². The molecule has 3 heteroatoms. The molecule has 0 bridgehead atoms. The summed E-state index contributed by atoms with van der Waals surface area (Å²) in [5.74, 6) is 1.80. The quantitative estimate of drug-likeness (QED) is 0.728. The fraction of sp³-hybridized carbons (Fsp3) is 0.625. The van der Waals surface area contributed by atoms with Crippen molar-refractivity contribution in [2.24, 2.45) is 5.92 Å². The predicted octanol–water partition coefficient (Wildman–Crippen LogP) is 2.39. The molecular weight excluding hydrogens is 236 g/mol. The molecular formula is C16H26N2O. The van der Waals surface area contributed by atoms with Crippen LogP contribution in [0.5, 0.6) is 5.75 Å². The first-order valence-corrected chi connectivity index (χ1v) is 7.49. The van der Waals surface area contributed by atoms with Gasteiger partial charge < -0.3 is 10.1 Å². The van der Waals surface area contributed by atoms with E-state index in [1.807, 2.05) is 30.3 Å². The minimum atomic E-state index is 0.791. The van der Waals surface area contributed by atoms with Crippen LogP contribution in [0.25, 0.3) is 0 Å². The summed E-state index contributed by atoms with van der Waals surface area (Å²) < 4.78 is 5.74. The number of hydrogen-bond acceptors (Lipinski definition) is 3. The van der Waals surface area contributed by atoms with Gasteiger partial charge in [0.05, 0.1) is 0 Å². The largest absolute Gasteiger partial charge is 0.492 e. The van der Waals surface area contributed by atoms with Crippen molar-refractivity contribution in [3.63, 3.8) is 0 Å². The Kier molecular flexibility index (Phi) is 6.18. The highest BCUT2D eigenvalue weighted by atomic mass is 16.5. The lowest BCUT2D eigenvalue weighted by atomic mass is 10.1. The average Bonchev–Trinajstić information content (AvgIpc) is 2.88. The molecule has 2 rings (SSSR count). The molecule has 1 aliphatic heterocycles. The van der Waals surface area contributed by atoms with E-state index in [0.29, 0.717) is 0 Å². The Balaban J connectivity index is 1.57. The Morgan fingerprint density at radius 2 is 2.16 bits per heavy atom. The summed E-state index contributed by atoms with van der Waals surface area (Å²) in [7, 11) is 0. The van der Waals surface area contributed by atoms with Gasteiger partial charge in [-0.05, 0) is 50.5 Å². The molecule has 106 valence electrons. The van der Waals surface area contributed by atoms with E-state index in [4.69, 9.17) is 4.74 Å². The number of nitrogens with zero attached hydrogens (tertiary/aromatic N) is 1. The van der Waals surface area contributed by atoms with Gasteiger partial charge in [0, 0.05) is 13.1 Å².